The molecule has 0 bridgehead atoms. The SMILES string of the molecule is C/C(C=O)=C\CCP(NCC(=O)OC(C)C)Oc1ccc2ccccc2c1. The number of benzene rings is 2. The highest BCUT2D eigenvalue weighted by Gasteiger charge is 2.14. The molecule has 0 saturated carbocycles. The molecule has 2 rings (SSSR count). The number of carbonyl (C=O) groups excluding carboxylic acids is 2. The van der Waals surface area contributed by atoms with E-state index in [4.69, 9.17) is 9.26 Å². The van der Waals surface area contributed by atoms with Gasteiger partial charge in [0.15, 0.2) is 8.30 Å². The number of nitrogens with one attached hydrogen (secondary N) is 1. The van der Waals surface area contributed by atoms with Crippen LogP contribution in [-0.2, 0) is 14.3 Å². The average Bonchev–Trinajstić information content (AvgIpc) is 2.65. The summed E-state index contributed by atoms with van der Waals surface area (Å²) in [5, 5.41) is 5.41. The maximum Gasteiger partial charge on any atom is 0.320 e. The second kappa shape index (κ2) is 10.8. The molecule has 0 heterocycles. The van der Waals surface area contributed by atoms with E-state index in [0.717, 1.165) is 22.8 Å². The van der Waals surface area contributed by atoms with Gasteiger partial charge in [0, 0.05) is 6.16 Å². The van der Waals surface area contributed by atoms with Gasteiger partial charge in [-0.2, -0.15) is 0 Å². The molecule has 1 N–H and O–H groups in total. The summed E-state index contributed by atoms with van der Waals surface area (Å²) in [6.07, 6.45) is 3.93. The van der Waals surface area contributed by atoms with Gasteiger partial charge in [0.1, 0.15) is 18.6 Å². The fraction of sp³-hybridized carbons (Fsp3) is 0.333. The van der Waals surface area contributed by atoms with Gasteiger partial charge in [-0.3, -0.25) is 14.7 Å². The number of ether oxygens (including phenoxy) is 1. The Bertz CT molecular complexity index is 804. The van der Waals surface area contributed by atoms with Crippen LogP contribution in [0.1, 0.15) is 27.2 Å². The van der Waals surface area contributed by atoms with Crippen LogP contribution in [0.2, 0.25) is 0 Å². The molecule has 0 saturated heterocycles. The lowest BCUT2D eigenvalue weighted by molar-refractivity contribution is -0.145. The summed E-state index contributed by atoms with van der Waals surface area (Å²) in [5.41, 5.74) is 0.690. The van der Waals surface area contributed by atoms with Crippen molar-refractivity contribution in [1.82, 2.24) is 5.09 Å². The molecule has 1 atom stereocenters. The first-order valence-corrected chi connectivity index (χ1v) is 10.4. The van der Waals surface area contributed by atoms with E-state index < -0.39 is 8.30 Å². The number of esters is 1. The Morgan fingerprint density at radius 3 is 2.63 bits per heavy atom. The molecule has 6 heteroatoms. The van der Waals surface area contributed by atoms with Gasteiger partial charge < -0.3 is 9.26 Å². The Labute approximate surface area is 161 Å². The van der Waals surface area contributed by atoms with Gasteiger partial charge in [0.2, 0.25) is 0 Å². The zero-order chi connectivity index (χ0) is 19.6. The summed E-state index contributed by atoms with van der Waals surface area (Å²) < 4.78 is 11.3. The number of hydrogen-bond donors (Lipinski definition) is 1. The van der Waals surface area contributed by atoms with E-state index in [1.807, 2.05) is 56.3 Å². The van der Waals surface area contributed by atoms with Crippen LogP contribution in [0.15, 0.2) is 54.1 Å². The number of carbonyl (C=O) groups is 2. The third-order valence-corrected chi connectivity index (χ3v) is 5.29. The van der Waals surface area contributed by atoms with Crippen LogP contribution in [-0.4, -0.2) is 31.1 Å². The van der Waals surface area contributed by atoms with Crippen LogP contribution in [0, 0.1) is 0 Å². The third kappa shape index (κ3) is 7.49. The van der Waals surface area contributed by atoms with Gasteiger partial charge in [0.25, 0.3) is 0 Å². The minimum absolute atomic E-state index is 0.0911. The molecule has 0 aliphatic heterocycles. The Morgan fingerprint density at radius 2 is 1.93 bits per heavy atom. The van der Waals surface area contributed by atoms with Crippen LogP contribution >= 0.6 is 8.30 Å². The van der Waals surface area contributed by atoms with Gasteiger partial charge in [-0.05, 0) is 55.7 Å². The number of fused-ring (bicyclic) bond motifs is 1. The lowest BCUT2D eigenvalue weighted by atomic mass is 10.1. The molecule has 0 aliphatic carbocycles. The molecular weight excluding hydrogens is 361 g/mol. The zero-order valence-corrected chi connectivity index (χ0v) is 16.9. The molecule has 0 amide bonds. The molecule has 2 aromatic rings. The Hall–Kier alpha value is -2.23. The van der Waals surface area contributed by atoms with E-state index in [1.165, 1.54) is 0 Å². The molecule has 1 unspecified atom stereocenters. The normalized spacial score (nSPS) is 12.8. The zero-order valence-electron chi connectivity index (χ0n) is 16.0. The highest BCUT2D eigenvalue weighted by molar-refractivity contribution is 7.50. The van der Waals surface area contributed by atoms with Crippen LogP contribution in [0.25, 0.3) is 10.8 Å². The molecule has 0 spiro atoms. The van der Waals surface area contributed by atoms with Crippen LogP contribution < -0.4 is 9.61 Å². The number of rotatable bonds is 10. The first-order chi connectivity index (χ1) is 13.0. The minimum atomic E-state index is -1.10. The van der Waals surface area contributed by atoms with Crippen molar-refractivity contribution in [3.8, 4) is 5.75 Å². The molecule has 27 heavy (non-hydrogen) atoms. The Kier molecular flexibility index (Phi) is 8.43. The minimum Gasteiger partial charge on any atom is -0.462 e. The smallest absolute Gasteiger partial charge is 0.320 e. The molecule has 144 valence electrons. The molecule has 5 nitrogen and oxygen atoms in total. The maximum atomic E-state index is 11.8. The van der Waals surface area contributed by atoms with Gasteiger partial charge in [-0.1, -0.05) is 36.4 Å². The number of hydrogen-bond acceptors (Lipinski definition) is 5. The maximum absolute atomic E-state index is 11.8. The van der Waals surface area contributed by atoms with Crippen molar-refractivity contribution < 1.29 is 18.8 Å². The van der Waals surface area contributed by atoms with E-state index in [2.05, 4.69) is 11.2 Å². The van der Waals surface area contributed by atoms with Crippen molar-refractivity contribution in [1.29, 1.82) is 0 Å². The molecule has 0 aliphatic rings. The largest absolute Gasteiger partial charge is 0.462 e. The van der Waals surface area contributed by atoms with E-state index in [-0.39, 0.29) is 18.6 Å². The van der Waals surface area contributed by atoms with E-state index in [9.17, 15) is 9.59 Å². The summed E-state index contributed by atoms with van der Waals surface area (Å²) in [5.74, 6) is 0.444. The van der Waals surface area contributed by atoms with Gasteiger partial charge in [-0.25, -0.2) is 0 Å². The topological polar surface area (TPSA) is 64.6 Å². The van der Waals surface area contributed by atoms with Crippen molar-refractivity contribution in [2.45, 2.75) is 33.3 Å². The van der Waals surface area contributed by atoms with Crippen molar-refractivity contribution in [2.24, 2.45) is 0 Å². The van der Waals surface area contributed by atoms with E-state index >= 15 is 0 Å². The molecule has 0 fully saturated rings. The molecule has 0 aromatic heterocycles. The summed E-state index contributed by atoms with van der Waals surface area (Å²) in [6.45, 7) is 5.50. The lowest BCUT2D eigenvalue weighted by Crippen LogP contribution is -2.25. The first-order valence-electron chi connectivity index (χ1n) is 8.97. The predicted octanol–water partition coefficient (Wildman–Crippen LogP) is 4.61. The second-order valence-electron chi connectivity index (χ2n) is 6.43. The average molecular weight is 387 g/mol. The number of aldehydes is 1. The summed E-state index contributed by atoms with van der Waals surface area (Å²) in [6, 6.07) is 14.0. The summed E-state index contributed by atoms with van der Waals surface area (Å²) >= 11 is 0. The summed E-state index contributed by atoms with van der Waals surface area (Å²) in [7, 11) is -1.10. The van der Waals surface area contributed by atoms with Crippen LogP contribution in [0.3, 0.4) is 0 Å². The van der Waals surface area contributed by atoms with E-state index in [0.29, 0.717) is 18.2 Å². The van der Waals surface area contributed by atoms with Gasteiger partial charge >= 0.3 is 5.97 Å². The molecule has 2 aromatic carbocycles. The molecule has 0 radical (unpaired) electrons. The molecular formula is C21H26NO4P. The van der Waals surface area contributed by atoms with Gasteiger partial charge in [0.05, 0.1) is 6.10 Å². The third-order valence-electron chi connectivity index (χ3n) is 3.69. The van der Waals surface area contributed by atoms with Crippen molar-refractivity contribution in [2.75, 3.05) is 12.7 Å². The quantitative estimate of drug-likeness (QED) is 0.279. The van der Waals surface area contributed by atoms with Crippen LogP contribution in [0.5, 0.6) is 5.75 Å². The first kappa shape index (κ1) is 21.1. The summed E-state index contributed by atoms with van der Waals surface area (Å²) in [4.78, 5) is 22.6. The number of allylic oxidation sites excluding steroid dienone is 2. The van der Waals surface area contributed by atoms with Gasteiger partial charge in [-0.15, -0.1) is 0 Å². The van der Waals surface area contributed by atoms with Crippen molar-refractivity contribution in [3.05, 3.63) is 54.1 Å². The Balaban J connectivity index is 2.04. The predicted molar refractivity (Wildman–Crippen MR) is 110 cm³/mol. The fourth-order valence-electron chi connectivity index (χ4n) is 2.42. The van der Waals surface area contributed by atoms with E-state index in [1.54, 1.807) is 6.92 Å². The highest BCUT2D eigenvalue weighted by atomic mass is 31.2. The second-order valence-corrected chi connectivity index (χ2v) is 8.13. The fourth-order valence-corrected chi connectivity index (χ4v) is 3.77. The monoisotopic (exact) mass is 387 g/mol. The Morgan fingerprint density at radius 1 is 1.19 bits per heavy atom. The lowest BCUT2D eigenvalue weighted by Gasteiger charge is -2.19. The van der Waals surface area contributed by atoms with Crippen LogP contribution in [0.4, 0.5) is 0 Å². The standard InChI is InChI=1S/C21H26NO4P/c1-16(2)25-21(24)14-22-27(12-6-7-17(3)15-23)26-20-11-10-18-8-4-5-9-19(18)13-20/h4-5,7-11,13,15-16,22H,6,12,14H2,1-3H3/b17-7+. The highest BCUT2D eigenvalue weighted by Crippen LogP contribution is 2.36. The van der Waals surface area contributed by atoms with Crippen molar-refractivity contribution >= 4 is 31.3 Å². The van der Waals surface area contributed by atoms with Crippen molar-refractivity contribution in [3.63, 3.8) is 0 Å².